The summed E-state index contributed by atoms with van der Waals surface area (Å²) >= 11 is 0. The summed E-state index contributed by atoms with van der Waals surface area (Å²) in [7, 11) is -0.594. The summed E-state index contributed by atoms with van der Waals surface area (Å²) in [5.41, 5.74) is 1.25. The molecule has 0 aromatic heterocycles. The van der Waals surface area contributed by atoms with E-state index < -0.39 is 16.1 Å². The molecule has 10 nitrogen and oxygen atoms in total. The molecule has 1 amide bonds. The van der Waals surface area contributed by atoms with Crippen LogP contribution in [-0.2, 0) is 24.3 Å². The number of sulfonamides is 1. The zero-order valence-corrected chi connectivity index (χ0v) is 22.0. The fourth-order valence-corrected chi connectivity index (χ4v) is 5.51. The van der Waals surface area contributed by atoms with Crippen LogP contribution in [0.25, 0.3) is 0 Å². The third-order valence-corrected chi connectivity index (χ3v) is 7.97. The number of carbonyl (C=O) groups excluding carboxylic acids is 1. The number of nitrogens with one attached hydrogen (secondary N) is 3. The van der Waals surface area contributed by atoms with E-state index in [-0.39, 0.29) is 29.6 Å². The van der Waals surface area contributed by atoms with Gasteiger partial charge in [0.05, 0.1) is 31.3 Å². The summed E-state index contributed by atoms with van der Waals surface area (Å²) in [5, 5.41) is 6.20. The molecule has 4 rings (SSSR count). The Morgan fingerprint density at radius 1 is 0.946 bits per heavy atom. The van der Waals surface area contributed by atoms with Crippen molar-refractivity contribution < 1.29 is 32.2 Å². The van der Waals surface area contributed by atoms with Crippen LogP contribution in [0, 0.1) is 0 Å². The van der Waals surface area contributed by atoms with Crippen molar-refractivity contribution in [3.05, 3.63) is 48.0 Å². The topological polar surface area (TPSA) is 124 Å². The standard InChI is InChI=1S/C26H35N3O7S/c1-33-23-12-7-18(15-24(23)34-2)25(26(30)27-16-20-5-3-13-35-20)29-19-8-10-22(11-9-19)37(31,32)28-17-21-6-4-14-36-21/h7-12,15,20-21,25,28-29H,3-6,13-14,16-17H2,1-2H3,(H,27,30)/t20-,21+,25-/m1/s1. The molecule has 202 valence electrons. The van der Waals surface area contributed by atoms with Gasteiger partial charge < -0.3 is 29.6 Å². The summed E-state index contributed by atoms with van der Waals surface area (Å²) in [6.45, 7) is 2.03. The Bertz CT molecular complexity index is 1150. The molecule has 3 atom stereocenters. The molecule has 2 fully saturated rings. The number of amides is 1. The number of hydrogen-bond acceptors (Lipinski definition) is 8. The molecule has 2 aliphatic heterocycles. The maximum Gasteiger partial charge on any atom is 0.247 e. The number of ether oxygens (including phenoxy) is 4. The third kappa shape index (κ3) is 7.13. The number of rotatable bonds is 12. The Labute approximate surface area is 218 Å². The minimum absolute atomic E-state index is 0.00151. The second kappa shape index (κ2) is 12.6. The van der Waals surface area contributed by atoms with Gasteiger partial charge in [0.2, 0.25) is 15.9 Å². The molecule has 0 spiro atoms. The SMILES string of the molecule is COc1ccc([C@@H](Nc2ccc(S(=O)(=O)NC[C@@H]3CCCO3)cc2)C(=O)NC[C@H]2CCCO2)cc1OC. The first-order valence-electron chi connectivity index (χ1n) is 12.5. The van der Waals surface area contributed by atoms with E-state index in [9.17, 15) is 13.2 Å². The van der Waals surface area contributed by atoms with E-state index in [1.807, 2.05) is 0 Å². The Morgan fingerprint density at radius 3 is 2.19 bits per heavy atom. The van der Waals surface area contributed by atoms with Gasteiger partial charge in [-0.05, 0) is 67.6 Å². The first-order chi connectivity index (χ1) is 17.9. The van der Waals surface area contributed by atoms with Crippen molar-refractivity contribution in [3.8, 4) is 11.5 Å². The van der Waals surface area contributed by atoms with Gasteiger partial charge in [-0.3, -0.25) is 4.79 Å². The van der Waals surface area contributed by atoms with Crippen molar-refractivity contribution in [1.82, 2.24) is 10.0 Å². The van der Waals surface area contributed by atoms with Crippen LogP contribution in [0.4, 0.5) is 5.69 Å². The van der Waals surface area contributed by atoms with Crippen molar-refractivity contribution in [2.24, 2.45) is 0 Å². The maximum absolute atomic E-state index is 13.3. The van der Waals surface area contributed by atoms with Crippen LogP contribution in [0.5, 0.6) is 11.5 Å². The fraction of sp³-hybridized carbons (Fsp3) is 0.500. The van der Waals surface area contributed by atoms with Crippen molar-refractivity contribution in [1.29, 1.82) is 0 Å². The molecule has 2 aromatic carbocycles. The van der Waals surface area contributed by atoms with Gasteiger partial charge in [0, 0.05) is 32.0 Å². The predicted molar refractivity (Wildman–Crippen MR) is 138 cm³/mol. The number of benzene rings is 2. The lowest BCUT2D eigenvalue weighted by molar-refractivity contribution is -0.122. The summed E-state index contributed by atoms with van der Waals surface area (Å²) in [6, 6.07) is 10.8. The van der Waals surface area contributed by atoms with E-state index in [0.29, 0.717) is 42.5 Å². The fourth-order valence-electron chi connectivity index (χ4n) is 4.44. The highest BCUT2D eigenvalue weighted by atomic mass is 32.2. The minimum atomic E-state index is -3.68. The number of hydrogen-bond donors (Lipinski definition) is 3. The van der Waals surface area contributed by atoms with Crippen LogP contribution in [0.3, 0.4) is 0 Å². The first-order valence-corrected chi connectivity index (χ1v) is 14.0. The minimum Gasteiger partial charge on any atom is -0.493 e. The quantitative estimate of drug-likeness (QED) is 0.380. The van der Waals surface area contributed by atoms with Crippen LogP contribution in [0.1, 0.15) is 37.3 Å². The van der Waals surface area contributed by atoms with Crippen LogP contribution >= 0.6 is 0 Å². The molecular formula is C26H35N3O7S. The van der Waals surface area contributed by atoms with E-state index in [1.54, 1.807) is 37.4 Å². The first kappa shape index (κ1) is 27.2. The number of carbonyl (C=O) groups is 1. The highest BCUT2D eigenvalue weighted by Gasteiger charge is 2.25. The lowest BCUT2D eigenvalue weighted by Crippen LogP contribution is -2.38. The van der Waals surface area contributed by atoms with Gasteiger partial charge in [-0.1, -0.05) is 6.07 Å². The van der Waals surface area contributed by atoms with E-state index in [0.717, 1.165) is 25.7 Å². The molecule has 2 aromatic rings. The van der Waals surface area contributed by atoms with E-state index in [2.05, 4.69) is 15.4 Å². The molecule has 2 saturated heterocycles. The normalized spacial score (nSPS) is 20.4. The molecule has 0 unspecified atom stereocenters. The second-order valence-corrected chi connectivity index (χ2v) is 10.9. The lowest BCUT2D eigenvalue weighted by atomic mass is 10.0. The molecule has 37 heavy (non-hydrogen) atoms. The highest BCUT2D eigenvalue weighted by molar-refractivity contribution is 7.89. The maximum atomic E-state index is 13.3. The van der Waals surface area contributed by atoms with Crippen LogP contribution in [-0.4, -0.2) is 67.1 Å². The molecule has 3 N–H and O–H groups in total. The smallest absolute Gasteiger partial charge is 0.247 e. The summed E-state index contributed by atoms with van der Waals surface area (Å²) in [6.07, 6.45) is 3.58. The second-order valence-electron chi connectivity index (χ2n) is 9.08. The van der Waals surface area contributed by atoms with Crippen molar-refractivity contribution >= 4 is 21.6 Å². The van der Waals surface area contributed by atoms with E-state index in [4.69, 9.17) is 18.9 Å². The van der Waals surface area contributed by atoms with Gasteiger partial charge >= 0.3 is 0 Å². The van der Waals surface area contributed by atoms with Crippen molar-refractivity contribution in [3.63, 3.8) is 0 Å². The summed E-state index contributed by atoms with van der Waals surface area (Å²) < 4.78 is 49.9. The van der Waals surface area contributed by atoms with Gasteiger partial charge in [0.15, 0.2) is 11.5 Å². The molecule has 0 aliphatic carbocycles. The van der Waals surface area contributed by atoms with Gasteiger partial charge in [0.25, 0.3) is 0 Å². The Kier molecular flexibility index (Phi) is 9.25. The summed E-state index contributed by atoms with van der Waals surface area (Å²) in [5.74, 6) is 0.810. The van der Waals surface area contributed by atoms with Gasteiger partial charge in [-0.15, -0.1) is 0 Å². The van der Waals surface area contributed by atoms with Gasteiger partial charge in [0.1, 0.15) is 6.04 Å². The predicted octanol–water partition coefficient (Wildman–Crippen LogP) is 2.61. The average molecular weight is 534 g/mol. The Hall–Kier alpha value is -2.86. The third-order valence-electron chi connectivity index (χ3n) is 6.53. The lowest BCUT2D eigenvalue weighted by Gasteiger charge is -2.22. The molecule has 11 heteroatoms. The van der Waals surface area contributed by atoms with Crippen molar-refractivity contribution in [2.75, 3.05) is 45.8 Å². The summed E-state index contributed by atoms with van der Waals surface area (Å²) in [4.78, 5) is 13.4. The highest BCUT2D eigenvalue weighted by Crippen LogP contribution is 2.31. The van der Waals surface area contributed by atoms with Gasteiger partial charge in [-0.2, -0.15) is 0 Å². The molecule has 2 aliphatic rings. The Balaban J connectivity index is 1.49. The molecule has 0 bridgehead atoms. The molecule has 2 heterocycles. The van der Waals surface area contributed by atoms with Crippen LogP contribution in [0.15, 0.2) is 47.4 Å². The number of anilines is 1. The van der Waals surface area contributed by atoms with Gasteiger partial charge in [-0.25, -0.2) is 13.1 Å². The number of methoxy groups -OCH3 is 2. The molecule has 0 saturated carbocycles. The zero-order valence-electron chi connectivity index (χ0n) is 21.2. The zero-order chi connectivity index (χ0) is 26.3. The Morgan fingerprint density at radius 2 is 1.59 bits per heavy atom. The largest absolute Gasteiger partial charge is 0.493 e. The van der Waals surface area contributed by atoms with Crippen LogP contribution in [0.2, 0.25) is 0 Å². The monoisotopic (exact) mass is 533 g/mol. The van der Waals surface area contributed by atoms with E-state index in [1.165, 1.54) is 19.2 Å². The van der Waals surface area contributed by atoms with E-state index >= 15 is 0 Å². The average Bonchev–Trinajstić information content (AvgIpc) is 3.64. The van der Waals surface area contributed by atoms with Crippen LogP contribution < -0.4 is 24.8 Å². The molecular weight excluding hydrogens is 498 g/mol. The molecule has 0 radical (unpaired) electrons. The van der Waals surface area contributed by atoms with Crippen molar-refractivity contribution in [2.45, 2.75) is 48.8 Å².